The van der Waals surface area contributed by atoms with Gasteiger partial charge in [-0.1, -0.05) is 12.1 Å². The molecule has 0 saturated carbocycles. The molecule has 1 heterocycles. The average molecular weight is 450 g/mol. The monoisotopic (exact) mass is 450 g/mol. The predicted molar refractivity (Wildman–Crippen MR) is 114 cm³/mol. The summed E-state index contributed by atoms with van der Waals surface area (Å²) in [6.07, 6.45) is -4.50. The van der Waals surface area contributed by atoms with Crippen LogP contribution in [0.1, 0.15) is 31.1 Å². The summed E-state index contributed by atoms with van der Waals surface area (Å²) in [4.78, 5) is 27.3. The molecule has 0 unspecified atom stereocenters. The van der Waals surface area contributed by atoms with E-state index in [4.69, 9.17) is 4.74 Å². The number of anilines is 1. The molecule has 32 heavy (non-hydrogen) atoms. The van der Waals surface area contributed by atoms with Crippen LogP contribution in [-0.4, -0.2) is 55.4 Å². The molecule has 0 atom stereocenters. The van der Waals surface area contributed by atoms with Crippen molar-refractivity contribution in [2.24, 2.45) is 0 Å². The van der Waals surface area contributed by atoms with Gasteiger partial charge in [0.05, 0.1) is 0 Å². The van der Waals surface area contributed by atoms with Crippen molar-refractivity contribution in [3.8, 4) is 16.9 Å². The van der Waals surface area contributed by atoms with Crippen LogP contribution in [0.5, 0.6) is 5.75 Å². The number of alkyl halides is 3. The van der Waals surface area contributed by atoms with E-state index in [9.17, 15) is 22.8 Å². The number of carbonyl (C=O) groups excluding carboxylic acids is 2. The molecule has 172 valence electrons. The van der Waals surface area contributed by atoms with Gasteiger partial charge in [-0.3, -0.25) is 4.79 Å². The lowest BCUT2D eigenvalue weighted by molar-refractivity contribution is -0.274. The minimum absolute atomic E-state index is 0.341. The molecule has 3 rings (SSSR count). The van der Waals surface area contributed by atoms with E-state index in [-0.39, 0.29) is 11.8 Å². The molecule has 1 aliphatic heterocycles. The highest BCUT2D eigenvalue weighted by molar-refractivity contribution is 5.86. The third-order valence-corrected chi connectivity index (χ3v) is 4.81. The molecule has 6 nitrogen and oxygen atoms in total. The SMILES string of the molecule is CC(C)(C)OC(=O)N1CCN(c2ccc(C=O)cc2-c2cccc(OC(F)(F)F)c2)CC1. The Kier molecular flexibility index (Phi) is 6.66. The number of halogens is 3. The van der Waals surface area contributed by atoms with Crippen molar-refractivity contribution >= 4 is 18.1 Å². The van der Waals surface area contributed by atoms with Gasteiger partial charge >= 0.3 is 12.5 Å². The second-order valence-electron chi connectivity index (χ2n) is 8.42. The summed E-state index contributed by atoms with van der Waals surface area (Å²) >= 11 is 0. The first-order valence-corrected chi connectivity index (χ1v) is 10.1. The zero-order valence-electron chi connectivity index (χ0n) is 18.1. The molecular weight excluding hydrogens is 425 g/mol. The van der Waals surface area contributed by atoms with Crippen molar-refractivity contribution in [1.29, 1.82) is 0 Å². The number of hydrogen-bond donors (Lipinski definition) is 0. The van der Waals surface area contributed by atoms with E-state index in [0.29, 0.717) is 49.2 Å². The van der Waals surface area contributed by atoms with Gasteiger partial charge in [-0.15, -0.1) is 13.2 Å². The number of benzene rings is 2. The minimum atomic E-state index is -4.80. The fourth-order valence-corrected chi connectivity index (χ4v) is 3.45. The van der Waals surface area contributed by atoms with E-state index in [1.54, 1.807) is 49.9 Å². The van der Waals surface area contributed by atoms with Gasteiger partial charge in [0.2, 0.25) is 0 Å². The van der Waals surface area contributed by atoms with E-state index in [1.165, 1.54) is 18.2 Å². The number of piperazine rings is 1. The Morgan fingerprint density at radius 2 is 1.69 bits per heavy atom. The highest BCUT2D eigenvalue weighted by Crippen LogP contribution is 2.35. The molecule has 2 aromatic carbocycles. The van der Waals surface area contributed by atoms with E-state index in [1.807, 2.05) is 4.90 Å². The van der Waals surface area contributed by atoms with Crippen LogP contribution in [0.2, 0.25) is 0 Å². The number of rotatable bonds is 4. The zero-order valence-corrected chi connectivity index (χ0v) is 18.1. The Labute approximate surface area is 184 Å². The lowest BCUT2D eigenvalue weighted by Gasteiger charge is -2.37. The van der Waals surface area contributed by atoms with Gasteiger partial charge in [-0.25, -0.2) is 4.79 Å². The highest BCUT2D eigenvalue weighted by atomic mass is 19.4. The van der Waals surface area contributed by atoms with Crippen molar-refractivity contribution in [2.45, 2.75) is 32.7 Å². The molecule has 1 amide bonds. The van der Waals surface area contributed by atoms with E-state index < -0.39 is 12.0 Å². The van der Waals surface area contributed by atoms with Crippen LogP contribution in [0.25, 0.3) is 11.1 Å². The first-order chi connectivity index (χ1) is 14.9. The second kappa shape index (κ2) is 9.10. The highest BCUT2D eigenvalue weighted by Gasteiger charge is 2.31. The Balaban J connectivity index is 1.84. The number of carbonyl (C=O) groups is 2. The minimum Gasteiger partial charge on any atom is -0.444 e. The fraction of sp³-hybridized carbons (Fsp3) is 0.391. The summed E-state index contributed by atoms with van der Waals surface area (Å²) in [5.41, 5.74) is 1.66. The molecule has 0 spiro atoms. The van der Waals surface area contributed by atoms with E-state index in [0.717, 1.165) is 5.69 Å². The molecule has 0 aliphatic carbocycles. The number of aldehydes is 1. The van der Waals surface area contributed by atoms with E-state index >= 15 is 0 Å². The molecular formula is C23H25F3N2O4. The second-order valence-corrected chi connectivity index (χ2v) is 8.42. The van der Waals surface area contributed by atoms with Crippen LogP contribution < -0.4 is 9.64 Å². The quantitative estimate of drug-likeness (QED) is 0.605. The first-order valence-electron chi connectivity index (χ1n) is 10.1. The van der Waals surface area contributed by atoms with Crippen molar-refractivity contribution < 1.29 is 32.2 Å². The van der Waals surface area contributed by atoms with Gasteiger partial charge in [-0.2, -0.15) is 0 Å². The summed E-state index contributed by atoms with van der Waals surface area (Å²) in [6.45, 7) is 7.29. The summed E-state index contributed by atoms with van der Waals surface area (Å²) < 4.78 is 47.4. The third kappa shape index (κ3) is 6.15. The lowest BCUT2D eigenvalue weighted by atomic mass is 9.99. The smallest absolute Gasteiger partial charge is 0.444 e. The molecule has 0 aromatic heterocycles. The Morgan fingerprint density at radius 1 is 1.00 bits per heavy atom. The van der Waals surface area contributed by atoms with Crippen LogP contribution >= 0.6 is 0 Å². The summed E-state index contributed by atoms with van der Waals surface area (Å²) in [6, 6.07) is 10.7. The van der Waals surface area contributed by atoms with Crippen molar-refractivity contribution in [3.63, 3.8) is 0 Å². The van der Waals surface area contributed by atoms with Gasteiger partial charge < -0.3 is 19.3 Å². The van der Waals surface area contributed by atoms with Crippen LogP contribution in [0.4, 0.5) is 23.7 Å². The summed E-state index contributed by atoms with van der Waals surface area (Å²) in [5, 5.41) is 0. The fourth-order valence-electron chi connectivity index (χ4n) is 3.45. The zero-order chi connectivity index (χ0) is 23.5. The maximum absolute atomic E-state index is 12.6. The molecule has 0 N–H and O–H groups in total. The average Bonchev–Trinajstić information content (AvgIpc) is 2.71. The predicted octanol–water partition coefficient (Wildman–Crippen LogP) is 5.12. The van der Waals surface area contributed by atoms with Crippen LogP contribution in [0.3, 0.4) is 0 Å². The molecule has 1 fully saturated rings. The molecule has 1 aliphatic rings. The van der Waals surface area contributed by atoms with Gasteiger partial charge in [0.1, 0.15) is 17.6 Å². The molecule has 0 radical (unpaired) electrons. The van der Waals surface area contributed by atoms with Crippen LogP contribution in [-0.2, 0) is 4.74 Å². The summed E-state index contributed by atoms with van der Waals surface area (Å²) in [5.74, 6) is -0.341. The van der Waals surface area contributed by atoms with Gasteiger partial charge in [0.15, 0.2) is 0 Å². The Morgan fingerprint density at radius 3 is 2.28 bits per heavy atom. The molecule has 2 aromatic rings. The Bertz CT molecular complexity index is 978. The number of nitrogens with zero attached hydrogens (tertiary/aromatic N) is 2. The van der Waals surface area contributed by atoms with Crippen molar-refractivity contribution in [3.05, 3.63) is 48.0 Å². The standard InChI is InChI=1S/C23H25F3N2O4/c1-22(2,3)32-21(30)28-11-9-27(10-12-28)20-8-7-16(15-29)13-19(20)17-5-4-6-18(14-17)31-23(24,25)26/h4-8,13-15H,9-12H2,1-3H3. The van der Waals surface area contributed by atoms with Crippen LogP contribution in [0, 0.1) is 0 Å². The normalized spacial score (nSPS) is 14.8. The third-order valence-electron chi connectivity index (χ3n) is 4.81. The molecule has 9 heteroatoms. The van der Waals surface area contributed by atoms with Gasteiger partial charge in [-0.05, 0) is 56.7 Å². The number of amides is 1. The van der Waals surface area contributed by atoms with Crippen LogP contribution in [0.15, 0.2) is 42.5 Å². The number of ether oxygens (including phenoxy) is 2. The van der Waals surface area contributed by atoms with E-state index in [2.05, 4.69) is 4.74 Å². The number of hydrogen-bond acceptors (Lipinski definition) is 5. The van der Waals surface area contributed by atoms with Gasteiger partial charge in [0, 0.05) is 43.0 Å². The van der Waals surface area contributed by atoms with Crippen molar-refractivity contribution in [2.75, 3.05) is 31.1 Å². The topological polar surface area (TPSA) is 59.1 Å². The first kappa shape index (κ1) is 23.4. The lowest BCUT2D eigenvalue weighted by Crippen LogP contribution is -2.50. The maximum atomic E-state index is 12.6. The Hall–Kier alpha value is -3.23. The maximum Gasteiger partial charge on any atom is 0.573 e. The molecule has 0 bridgehead atoms. The molecule has 1 saturated heterocycles. The largest absolute Gasteiger partial charge is 0.573 e. The van der Waals surface area contributed by atoms with Crippen molar-refractivity contribution in [1.82, 2.24) is 4.90 Å². The van der Waals surface area contributed by atoms with Gasteiger partial charge in [0.25, 0.3) is 0 Å². The summed E-state index contributed by atoms with van der Waals surface area (Å²) in [7, 11) is 0.